The first kappa shape index (κ1) is 17.8. The van der Waals surface area contributed by atoms with Crippen molar-refractivity contribution in [3.8, 4) is 0 Å². The van der Waals surface area contributed by atoms with Gasteiger partial charge in [-0.3, -0.25) is 9.69 Å². The van der Waals surface area contributed by atoms with Crippen LogP contribution >= 0.6 is 24.4 Å². The van der Waals surface area contributed by atoms with Crippen LogP contribution in [0, 0.1) is 5.41 Å². The molecular weight excluding hydrogens is 324 g/mol. The number of thiocarbonyl (C=S) groups is 2. The minimum Gasteiger partial charge on any atom is -0.312 e. The second-order valence-corrected chi connectivity index (χ2v) is 7.05. The summed E-state index contributed by atoms with van der Waals surface area (Å²) in [4.78, 5) is 16.3. The molecule has 0 bridgehead atoms. The predicted molar refractivity (Wildman–Crippen MR) is 103 cm³/mol. The van der Waals surface area contributed by atoms with Crippen LogP contribution in [0.4, 0.5) is 0 Å². The highest BCUT2D eigenvalue weighted by atomic mass is 32.1. The Hall–Kier alpha value is -1.59. The highest BCUT2D eigenvalue weighted by molar-refractivity contribution is 7.82. The van der Waals surface area contributed by atoms with E-state index in [0.717, 1.165) is 24.0 Å². The van der Waals surface area contributed by atoms with Crippen molar-refractivity contribution in [3.05, 3.63) is 42.5 Å². The molecule has 0 atom stereocenters. The van der Waals surface area contributed by atoms with Crippen molar-refractivity contribution in [3.63, 3.8) is 0 Å². The summed E-state index contributed by atoms with van der Waals surface area (Å²) >= 11 is 10.9. The number of nitrogens with zero attached hydrogens (tertiary/aromatic N) is 2. The monoisotopic (exact) mass is 346 g/mol. The molecule has 1 heterocycles. The Labute approximate surface area is 149 Å². The average molecular weight is 347 g/mol. The highest BCUT2D eigenvalue weighted by Gasteiger charge is 2.45. The molecule has 0 N–H and O–H groups in total. The van der Waals surface area contributed by atoms with E-state index in [4.69, 9.17) is 24.4 Å². The SMILES string of the molecule is C=C(CCCN1C(=S)N(C)C(=O)C(C)(C)C1=S)c1ccccc1. The minimum absolute atomic E-state index is 0.0440. The molecule has 1 fully saturated rings. The molecule has 1 aliphatic rings. The van der Waals surface area contributed by atoms with Gasteiger partial charge < -0.3 is 4.90 Å². The fraction of sp³-hybridized carbons (Fsp3) is 0.389. The molecule has 122 valence electrons. The van der Waals surface area contributed by atoms with Gasteiger partial charge in [0.05, 0.1) is 10.4 Å². The minimum atomic E-state index is -0.692. The summed E-state index contributed by atoms with van der Waals surface area (Å²) in [6.07, 6.45) is 1.75. The number of benzene rings is 1. The van der Waals surface area contributed by atoms with Crippen molar-refractivity contribution >= 4 is 46.0 Å². The Morgan fingerprint density at radius 3 is 2.43 bits per heavy atom. The number of rotatable bonds is 5. The van der Waals surface area contributed by atoms with Crippen LogP contribution in [0.3, 0.4) is 0 Å². The lowest BCUT2D eigenvalue weighted by Crippen LogP contribution is -2.61. The highest BCUT2D eigenvalue weighted by Crippen LogP contribution is 2.30. The van der Waals surface area contributed by atoms with E-state index in [0.29, 0.717) is 16.6 Å². The van der Waals surface area contributed by atoms with Gasteiger partial charge in [0.1, 0.15) is 0 Å². The van der Waals surface area contributed by atoms with Crippen molar-refractivity contribution in [1.82, 2.24) is 9.80 Å². The summed E-state index contributed by atoms with van der Waals surface area (Å²) in [6.45, 7) is 8.56. The van der Waals surface area contributed by atoms with Gasteiger partial charge in [-0.05, 0) is 50.0 Å². The van der Waals surface area contributed by atoms with Gasteiger partial charge in [-0.25, -0.2) is 0 Å². The summed E-state index contributed by atoms with van der Waals surface area (Å²) in [5, 5.41) is 0.490. The smallest absolute Gasteiger partial charge is 0.240 e. The topological polar surface area (TPSA) is 23.6 Å². The van der Waals surface area contributed by atoms with Crippen molar-refractivity contribution in [2.75, 3.05) is 13.6 Å². The second kappa shape index (κ2) is 6.89. The lowest BCUT2D eigenvalue weighted by molar-refractivity contribution is -0.133. The summed E-state index contributed by atoms with van der Waals surface area (Å²) in [5.41, 5.74) is 1.56. The first-order chi connectivity index (χ1) is 10.8. The first-order valence-corrected chi connectivity index (χ1v) is 8.45. The fourth-order valence-corrected chi connectivity index (χ4v) is 3.26. The fourth-order valence-electron chi connectivity index (χ4n) is 2.67. The van der Waals surface area contributed by atoms with E-state index >= 15 is 0 Å². The summed E-state index contributed by atoms with van der Waals surface area (Å²) in [7, 11) is 1.71. The van der Waals surface area contributed by atoms with E-state index in [2.05, 4.69) is 18.7 Å². The largest absolute Gasteiger partial charge is 0.312 e. The predicted octanol–water partition coefficient (Wildman–Crippen LogP) is 3.89. The zero-order valence-electron chi connectivity index (χ0n) is 13.8. The van der Waals surface area contributed by atoms with Crippen molar-refractivity contribution in [2.24, 2.45) is 5.41 Å². The molecule has 1 aromatic rings. The maximum atomic E-state index is 12.3. The number of allylic oxidation sites excluding steroid dienone is 1. The maximum Gasteiger partial charge on any atom is 0.240 e. The van der Waals surface area contributed by atoms with Gasteiger partial charge in [0.25, 0.3) is 0 Å². The van der Waals surface area contributed by atoms with Crippen LogP contribution in [-0.2, 0) is 4.79 Å². The van der Waals surface area contributed by atoms with Gasteiger partial charge in [0.15, 0.2) is 5.11 Å². The normalized spacial score (nSPS) is 17.6. The number of hydrogen-bond donors (Lipinski definition) is 0. The van der Waals surface area contributed by atoms with Gasteiger partial charge in [-0.1, -0.05) is 49.1 Å². The van der Waals surface area contributed by atoms with Gasteiger partial charge in [0.2, 0.25) is 5.91 Å². The molecule has 0 aromatic heterocycles. The Bertz CT molecular complexity index is 652. The molecule has 1 aliphatic heterocycles. The zero-order chi connectivity index (χ0) is 17.2. The molecule has 23 heavy (non-hydrogen) atoms. The lowest BCUT2D eigenvalue weighted by Gasteiger charge is -2.43. The molecule has 0 saturated carbocycles. The molecule has 0 spiro atoms. The third-order valence-electron chi connectivity index (χ3n) is 4.18. The molecule has 1 aromatic carbocycles. The van der Waals surface area contributed by atoms with Crippen LogP contribution in [0.25, 0.3) is 5.57 Å². The number of amides is 1. The van der Waals surface area contributed by atoms with E-state index in [-0.39, 0.29) is 5.91 Å². The Kier molecular flexibility index (Phi) is 5.32. The van der Waals surface area contributed by atoms with E-state index in [1.54, 1.807) is 7.05 Å². The van der Waals surface area contributed by atoms with Crippen molar-refractivity contribution in [1.29, 1.82) is 0 Å². The lowest BCUT2D eigenvalue weighted by atomic mass is 9.89. The molecule has 0 radical (unpaired) electrons. The molecule has 0 unspecified atom stereocenters. The molecule has 1 saturated heterocycles. The van der Waals surface area contributed by atoms with Gasteiger partial charge in [-0.2, -0.15) is 0 Å². The molecule has 2 rings (SSSR count). The number of carbonyl (C=O) groups excluding carboxylic acids is 1. The van der Waals surface area contributed by atoms with E-state index in [1.165, 1.54) is 4.90 Å². The standard InChI is InChI=1S/C18H22N2OS2/c1-13(14-10-6-5-7-11-14)9-8-12-20-16(22)18(2,3)15(21)19(4)17(20)23/h5-7,10-11H,1,8-9,12H2,2-4H3. The van der Waals surface area contributed by atoms with E-state index in [1.807, 2.05) is 36.9 Å². The van der Waals surface area contributed by atoms with Gasteiger partial charge in [-0.15, -0.1) is 0 Å². The van der Waals surface area contributed by atoms with E-state index < -0.39 is 5.41 Å². The number of hydrogen-bond acceptors (Lipinski definition) is 3. The quantitative estimate of drug-likeness (QED) is 0.755. The molecule has 0 aliphatic carbocycles. The third-order valence-corrected chi connectivity index (χ3v) is 5.40. The van der Waals surface area contributed by atoms with Crippen molar-refractivity contribution in [2.45, 2.75) is 26.7 Å². The molecule has 1 amide bonds. The molecular formula is C18H22N2OS2. The first-order valence-electron chi connectivity index (χ1n) is 7.64. The van der Waals surface area contributed by atoms with Gasteiger partial charge >= 0.3 is 0 Å². The van der Waals surface area contributed by atoms with Crippen LogP contribution in [0.1, 0.15) is 32.3 Å². The van der Waals surface area contributed by atoms with Crippen LogP contribution in [0.5, 0.6) is 0 Å². The summed E-state index contributed by atoms with van der Waals surface area (Å²) in [5.74, 6) is -0.0440. The third kappa shape index (κ3) is 3.51. The average Bonchev–Trinajstić information content (AvgIpc) is 2.55. The molecule has 5 heteroatoms. The zero-order valence-corrected chi connectivity index (χ0v) is 15.5. The Morgan fingerprint density at radius 1 is 1.22 bits per heavy atom. The van der Waals surface area contributed by atoms with Crippen molar-refractivity contribution < 1.29 is 4.79 Å². The van der Waals surface area contributed by atoms with Gasteiger partial charge in [0, 0.05) is 13.6 Å². The van der Waals surface area contributed by atoms with E-state index in [9.17, 15) is 4.79 Å². The summed E-state index contributed by atoms with van der Waals surface area (Å²) in [6, 6.07) is 10.1. The van der Waals surface area contributed by atoms with Crippen LogP contribution in [-0.4, -0.2) is 39.4 Å². The van der Waals surface area contributed by atoms with Crippen LogP contribution in [0.15, 0.2) is 36.9 Å². The summed E-state index contributed by atoms with van der Waals surface area (Å²) < 4.78 is 0. The maximum absolute atomic E-state index is 12.3. The Morgan fingerprint density at radius 2 is 1.83 bits per heavy atom. The number of carbonyl (C=O) groups is 1. The van der Waals surface area contributed by atoms with Crippen LogP contribution < -0.4 is 0 Å². The van der Waals surface area contributed by atoms with Crippen LogP contribution in [0.2, 0.25) is 0 Å². The Balaban J connectivity index is 2.00. The molecule has 3 nitrogen and oxygen atoms in total. The second-order valence-electron chi connectivity index (χ2n) is 6.30.